The molecule has 2 aromatic carbocycles. The van der Waals surface area contributed by atoms with Gasteiger partial charge in [0.25, 0.3) is 5.91 Å². The lowest BCUT2D eigenvalue weighted by Crippen LogP contribution is -2.47. The van der Waals surface area contributed by atoms with E-state index >= 15 is 0 Å². The predicted molar refractivity (Wildman–Crippen MR) is 133 cm³/mol. The zero-order valence-corrected chi connectivity index (χ0v) is 21.4. The third-order valence-corrected chi connectivity index (χ3v) is 8.29. The number of nitrogens with two attached hydrogens (primary N) is 1. The van der Waals surface area contributed by atoms with E-state index in [2.05, 4.69) is 0 Å². The first-order valence-electron chi connectivity index (χ1n) is 11.5. The molecule has 0 bridgehead atoms. The molecule has 1 aliphatic rings. The largest absolute Gasteiger partial charge is 0.368 e. The summed E-state index contributed by atoms with van der Waals surface area (Å²) in [5.74, 6) is -0.434. The fraction of sp³-hybridized carbons (Fsp3) is 0.440. The number of hydrogen-bond donors (Lipinski definition) is 1. The molecule has 0 aliphatic carbocycles. The van der Waals surface area contributed by atoms with Crippen molar-refractivity contribution in [1.29, 1.82) is 0 Å². The van der Waals surface area contributed by atoms with Gasteiger partial charge in [0.2, 0.25) is 15.9 Å². The van der Waals surface area contributed by atoms with Crippen molar-refractivity contribution in [3.8, 4) is 0 Å². The molecule has 0 spiro atoms. The number of primary amides is 1. The summed E-state index contributed by atoms with van der Waals surface area (Å²) in [4.78, 5) is 26.9. The van der Waals surface area contributed by atoms with Gasteiger partial charge in [-0.05, 0) is 73.6 Å². The van der Waals surface area contributed by atoms with Crippen LogP contribution >= 0.6 is 11.6 Å². The van der Waals surface area contributed by atoms with Crippen molar-refractivity contribution in [2.75, 3.05) is 13.1 Å². The molecule has 2 amide bonds. The van der Waals surface area contributed by atoms with E-state index in [4.69, 9.17) is 17.3 Å². The van der Waals surface area contributed by atoms with Crippen molar-refractivity contribution >= 4 is 33.4 Å². The lowest BCUT2D eigenvalue weighted by molar-refractivity contribution is -0.122. The molecular weight excluding hydrogens is 474 g/mol. The summed E-state index contributed by atoms with van der Waals surface area (Å²) in [6.07, 6.45) is 1.65. The highest BCUT2D eigenvalue weighted by Gasteiger charge is 2.35. The molecule has 0 unspecified atom stereocenters. The number of carbonyl (C=O) groups excluding carboxylic acids is 2. The van der Waals surface area contributed by atoms with Crippen LogP contribution in [0.15, 0.2) is 47.4 Å². The van der Waals surface area contributed by atoms with Gasteiger partial charge in [-0.25, -0.2) is 8.42 Å². The van der Waals surface area contributed by atoms with Gasteiger partial charge in [0.05, 0.1) is 4.90 Å². The summed E-state index contributed by atoms with van der Waals surface area (Å²) in [7, 11) is -4.05. The van der Waals surface area contributed by atoms with Crippen LogP contribution in [0.5, 0.6) is 0 Å². The Morgan fingerprint density at radius 2 is 1.82 bits per heavy atom. The summed E-state index contributed by atoms with van der Waals surface area (Å²) >= 11 is 5.96. The fourth-order valence-corrected chi connectivity index (χ4v) is 5.93. The number of likely N-dealkylation sites (N-methyl/N-ethyl adjacent to an activating group) is 1. The second-order valence-corrected chi connectivity index (χ2v) is 11.3. The molecule has 2 aromatic rings. The molecule has 2 N–H and O–H groups in total. The van der Waals surface area contributed by atoms with E-state index in [0.717, 1.165) is 5.56 Å². The van der Waals surface area contributed by atoms with Crippen LogP contribution in [0.3, 0.4) is 0 Å². The quantitative estimate of drug-likeness (QED) is 0.530. The van der Waals surface area contributed by atoms with E-state index in [-0.39, 0.29) is 23.3 Å². The number of carbonyl (C=O) groups is 2. The molecule has 184 valence electrons. The van der Waals surface area contributed by atoms with E-state index in [1.165, 1.54) is 28.6 Å². The molecule has 7 nitrogen and oxygen atoms in total. The highest BCUT2D eigenvalue weighted by Crippen LogP contribution is 2.27. The van der Waals surface area contributed by atoms with Gasteiger partial charge < -0.3 is 10.6 Å². The lowest BCUT2D eigenvalue weighted by Gasteiger charge is -2.31. The average molecular weight is 506 g/mol. The van der Waals surface area contributed by atoms with Crippen molar-refractivity contribution in [2.45, 2.75) is 57.5 Å². The van der Waals surface area contributed by atoms with Crippen LogP contribution in [0.1, 0.15) is 55.1 Å². The van der Waals surface area contributed by atoms with Gasteiger partial charge in [0.15, 0.2) is 0 Å². The van der Waals surface area contributed by atoms with Crippen LogP contribution < -0.4 is 5.73 Å². The second-order valence-electron chi connectivity index (χ2n) is 9.02. The first-order chi connectivity index (χ1) is 16.0. The number of halogens is 1. The van der Waals surface area contributed by atoms with Gasteiger partial charge in [0, 0.05) is 30.2 Å². The average Bonchev–Trinajstić information content (AvgIpc) is 2.78. The molecule has 3 rings (SSSR count). The number of nitrogens with zero attached hydrogens (tertiary/aromatic N) is 2. The Bertz CT molecular complexity index is 1150. The van der Waals surface area contributed by atoms with Crippen molar-refractivity contribution < 1.29 is 18.0 Å². The van der Waals surface area contributed by atoms with Gasteiger partial charge in [-0.2, -0.15) is 4.31 Å². The molecule has 0 aromatic heterocycles. The molecule has 34 heavy (non-hydrogen) atoms. The zero-order chi connectivity index (χ0) is 25.0. The maximum atomic E-state index is 13.7. The maximum absolute atomic E-state index is 13.7. The second kappa shape index (κ2) is 10.9. The van der Waals surface area contributed by atoms with Crippen LogP contribution in [0.4, 0.5) is 0 Å². The van der Waals surface area contributed by atoms with Crippen molar-refractivity contribution in [2.24, 2.45) is 11.7 Å². The Morgan fingerprint density at radius 1 is 1.15 bits per heavy atom. The summed E-state index contributed by atoms with van der Waals surface area (Å²) in [6, 6.07) is 10.2. The van der Waals surface area contributed by atoms with Gasteiger partial charge in [-0.15, -0.1) is 0 Å². The topological polar surface area (TPSA) is 101 Å². The Kier molecular flexibility index (Phi) is 8.38. The van der Waals surface area contributed by atoms with Crippen molar-refractivity contribution in [3.63, 3.8) is 0 Å². The van der Waals surface area contributed by atoms with Crippen LogP contribution in [0.25, 0.3) is 0 Å². The molecule has 1 aliphatic heterocycles. The standard InChI is InChI=1S/C25H32ClN3O4S/c1-4-28-14-13-19-15-18(6-11-22(19)25(28)31)16-29(23(24(27)30)12-5-17(2)3)34(32,33)21-9-7-20(26)8-10-21/h6-11,15,17,23H,4-5,12-14,16H2,1-3H3,(H2,27,30)/t23-/m1/s1. The van der Waals surface area contributed by atoms with Crippen LogP contribution in [-0.2, 0) is 27.8 Å². The summed E-state index contributed by atoms with van der Waals surface area (Å²) in [5.41, 5.74) is 7.94. The monoisotopic (exact) mass is 505 g/mol. The van der Waals surface area contributed by atoms with Crippen LogP contribution in [0.2, 0.25) is 5.02 Å². The molecule has 9 heteroatoms. The summed E-state index contributed by atoms with van der Waals surface area (Å²) in [6.45, 7) is 7.19. The van der Waals surface area contributed by atoms with Crippen LogP contribution in [-0.4, -0.2) is 48.6 Å². The third-order valence-electron chi connectivity index (χ3n) is 6.17. The Hall–Kier alpha value is -2.42. The maximum Gasteiger partial charge on any atom is 0.254 e. The smallest absolute Gasteiger partial charge is 0.254 e. The summed E-state index contributed by atoms with van der Waals surface area (Å²) < 4.78 is 28.5. The SMILES string of the molecule is CCN1CCc2cc(CN([C@H](CCC(C)C)C(N)=O)S(=O)(=O)c3ccc(Cl)cc3)ccc2C1=O. The normalized spacial score (nSPS) is 15.0. The Balaban J connectivity index is 2.01. The first kappa shape index (κ1) is 26.2. The van der Waals surface area contributed by atoms with Crippen molar-refractivity contribution in [3.05, 3.63) is 64.2 Å². The van der Waals surface area contributed by atoms with E-state index in [0.29, 0.717) is 48.5 Å². The van der Waals surface area contributed by atoms with E-state index in [1.54, 1.807) is 17.0 Å². The van der Waals surface area contributed by atoms with E-state index < -0.39 is 22.0 Å². The molecular formula is C25H32ClN3O4S. The van der Waals surface area contributed by atoms with E-state index in [9.17, 15) is 18.0 Å². The highest BCUT2D eigenvalue weighted by atomic mass is 35.5. The summed E-state index contributed by atoms with van der Waals surface area (Å²) in [5, 5.41) is 0.414. The number of rotatable bonds is 10. The van der Waals surface area contributed by atoms with Crippen LogP contribution in [0, 0.1) is 5.92 Å². The molecule has 0 fully saturated rings. The molecule has 0 saturated carbocycles. The highest BCUT2D eigenvalue weighted by molar-refractivity contribution is 7.89. The molecule has 1 atom stereocenters. The predicted octanol–water partition coefficient (Wildman–Crippen LogP) is 3.84. The van der Waals surface area contributed by atoms with Gasteiger partial charge >= 0.3 is 0 Å². The first-order valence-corrected chi connectivity index (χ1v) is 13.3. The van der Waals surface area contributed by atoms with Gasteiger partial charge in [-0.3, -0.25) is 9.59 Å². The Labute approximate surface area is 206 Å². The van der Waals surface area contributed by atoms with Gasteiger partial charge in [0.1, 0.15) is 6.04 Å². The number of benzene rings is 2. The number of amides is 2. The minimum absolute atomic E-state index is 0.0205. The Morgan fingerprint density at radius 3 is 2.41 bits per heavy atom. The van der Waals surface area contributed by atoms with E-state index in [1.807, 2.05) is 26.8 Å². The van der Waals surface area contributed by atoms with Crippen molar-refractivity contribution in [1.82, 2.24) is 9.21 Å². The molecule has 0 saturated heterocycles. The third kappa shape index (κ3) is 5.79. The number of fused-ring (bicyclic) bond motifs is 1. The fourth-order valence-electron chi connectivity index (χ4n) is 4.19. The lowest BCUT2D eigenvalue weighted by atomic mass is 9.96. The number of sulfonamides is 1. The van der Waals surface area contributed by atoms with Gasteiger partial charge in [-0.1, -0.05) is 37.6 Å². The number of hydrogen-bond acceptors (Lipinski definition) is 4. The zero-order valence-electron chi connectivity index (χ0n) is 19.8. The molecule has 0 radical (unpaired) electrons. The minimum atomic E-state index is -4.05. The minimum Gasteiger partial charge on any atom is -0.368 e. The molecule has 1 heterocycles.